The lowest BCUT2D eigenvalue weighted by atomic mass is 10.1. The summed E-state index contributed by atoms with van der Waals surface area (Å²) in [5.74, 6) is 0. The van der Waals surface area contributed by atoms with Gasteiger partial charge in [0, 0.05) is 5.33 Å². The van der Waals surface area contributed by atoms with Crippen LogP contribution in [0, 0.1) is 0 Å². The Labute approximate surface area is 212 Å². The van der Waals surface area contributed by atoms with Crippen LogP contribution in [-0.2, 0) is 0 Å². The molecule has 0 amide bonds. The highest BCUT2D eigenvalue weighted by molar-refractivity contribution is 9.09. The molecule has 3 rings (SSSR count). The number of hydrogen-bond acceptors (Lipinski definition) is 1. The highest BCUT2D eigenvalue weighted by atomic mass is 79.9. The van der Waals surface area contributed by atoms with Crippen LogP contribution in [0.5, 0.6) is 0 Å². The summed E-state index contributed by atoms with van der Waals surface area (Å²) in [6.45, 7) is 0.868. The van der Waals surface area contributed by atoms with Gasteiger partial charge in [0.2, 0.25) is 0 Å². The number of rotatable bonds is 14. The van der Waals surface area contributed by atoms with Gasteiger partial charge in [-0.1, -0.05) is 158 Å². The summed E-state index contributed by atoms with van der Waals surface area (Å²) in [5, 5.41) is 5.37. The molecule has 0 saturated heterocycles. The smallest absolute Gasteiger partial charge is 0.00313 e. The molecule has 0 unspecified atom stereocenters. The number of hydrogen-bond donors (Lipinski definition) is 1. The predicted molar refractivity (Wildman–Crippen MR) is 154 cm³/mol. The van der Waals surface area contributed by atoms with E-state index in [-0.39, 0.29) is 0 Å². The second-order valence-corrected chi connectivity index (χ2v) is 11.4. The van der Waals surface area contributed by atoms with E-state index < -0.39 is 7.92 Å². The van der Waals surface area contributed by atoms with Crippen LogP contribution in [0.15, 0.2) is 91.0 Å². The molecule has 33 heavy (non-hydrogen) atoms. The quantitative estimate of drug-likeness (QED) is 0.130. The average Bonchev–Trinajstić information content (AvgIpc) is 2.88. The van der Waals surface area contributed by atoms with E-state index >= 15 is 0 Å². The first-order valence-electron chi connectivity index (χ1n) is 12.6. The van der Waals surface area contributed by atoms with Crippen molar-refractivity contribution in [3.63, 3.8) is 0 Å². The SMILES string of the molecule is NCCCCCCCCCCCCBr.c1ccc(P(c2ccccc2)c2ccccc2)cc1. The van der Waals surface area contributed by atoms with Crippen molar-refractivity contribution in [2.24, 2.45) is 5.73 Å². The highest BCUT2D eigenvalue weighted by Gasteiger charge is 2.14. The van der Waals surface area contributed by atoms with Gasteiger partial charge < -0.3 is 5.73 Å². The second-order valence-electron chi connectivity index (χ2n) is 8.36. The fourth-order valence-electron chi connectivity index (χ4n) is 3.83. The summed E-state index contributed by atoms with van der Waals surface area (Å²) >= 11 is 3.46. The molecule has 0 heterocycles. The first kappa shape index (κ1) is 27.8. The van der Waals surface area contributed by atoms with Gasteiger partial charge in [-0.2, -0.15) is 0 Å². The molecule has 0 radical (unpaired) electrons. The second kappa shape index (κ2) is 18.9. The zero-order chi connectivity index (χ0) is 23.4. The van der Waals surface area contributed by atoms with Gasteiger partial charge in [-0.25, -0.2) is 0 Å². The Balaban J connectivity index is 0.000000248. The van der Waals surface area contributed by atoms with Gasteiger partial charge in [0.05, 0.1) is 0 Å². The molecule has 3 aromatic carbocycles. The summed E-state index contributed by atoms with van der Waals surface area (Å²) in [7, 11) is -0.446. The van der Waals surface area contributed by atoms with Crippen LogP contribution < -0.4 is 21.6 Å². The van der Waals surface area contributed by atoms with Crippen LogP contribution in [0.4, 0.5) is 0 Å². The van der Waals surface area contributed by atoms with Crippen LogP contribution in [0.1, 0.15) is 64.2 Å². The van der Waals surface area contributed by atoms with Gasteiger partial charge in [-0.05, 0) is 43.2 Å². The monoisotopic (exact) mass is 525 g/mol. The Hall–Kier alpha value is -1.47. The molecule has 0 aliphatic rings. The van der Waals surface area contributed by atoms with Crippen molar-refractivity contribution in [1.29, 1.82) is 0 Å². The summed E-state index contributed by atoms with van der Waals surface area (Å²) in [4.78, 5) is 0. The summed E-state index contributed by atoms with van der Waals surface area (Å²) < 4.78 is 0. The minimum Gasteiger partial charge on any atom is -0.330 e. The summed E-state index contributed by atoms with van der Waals surface area (Å²) in [5.41, 5.74) is 5.43. The predicted octanol–water partition coefficient (Wildman–Crippen LogP) is 7.69. The third kappa shape index (κ3) is 12.0. The molecule has 1 nitrogen and oxygen atoms in total. The van der Waals surface area contributed by atoms with Gasteiger partial charge in [0.25, 0.3) is 0 Å². The number of unbranched alkanes of at least 4 members (excludes halogenated alkanes) is 9. The molecule has 0 aromatic heterocycles. The molecule has 178 valence electrons. The van der Waals surface area contributed by atoms with Gasteiger partial charge in [-0.15, -0.1) is 0 Å². The normalized spacial score (nSPS) is 10.6. The lowest BCUT2D eigenvalue weighted by Crippen LogP contribution is -2.20. The maximum absolute atomic E-state index is 5.43. The third-order valence-electron chi connectivity index (χ3n) is 5.63. The van der Waals surface area contributed by atoms with Crippen LogP contribution in [-0.4, -0.2) is 11.9 Å². The van der Waals surface area contributed by atoms with Crippen molar-refractivity contribution in [3.8, 4) is 0 Å². The van der Waals surface area contributed by atoms with Crippen molar-refractivity contribution in [2.75, 3.05) is 11.9 Å². The van der Waals surface area contributed by atoms with E-state index in [0.29, 0.717) is 0 Å². The van der Waals surface area contributed by atoms with Crippen molar-refractivity contribution in [2.45, 2.75) is 64.2 Å². The number of benzene rings is 3. The minimum absolute atomic E-state index is 0.446. The van der Waals surface area contributed by atoms with E-state index in [1.807, 2.05) is 0 Å². The van der Waals surface area contributed by atoms with Gasteiger partial charge >= 0.3 is 0 Å². The molecule has 0 atom stereocenters. The van der Waals surface area contributed by atoms with Crippen LogP contribution in [0.2, 0.25) is 0 Å². The average molecular weight is 527 g/mol. The van der Waals surface area contributed by atoms with Crippen LogP contribution >= 0.6 is 23.9 Å². The number of alkyl halides is 1. The first-order valence-corrected chi connectivity index (χ1v) is 15.0. The molecule has 3 aromatic rings. The Kier molecular flexibility index (Phi) is 15.9. The Morgan fingerprint density at radius 3 is 1.06 bits per heavy atom. The van der Waals surface area contributed by atoms with Crippen LogP contribution in [0.3, 0.4) is 0 Å². The third-order valence-corrected chi connectivity index (χ3v) is 8.64. The van der Waals surface area contributed by atoms with E-state index in [4.69, 9.17) is 5.73 Å². The van der Waals surface area contributed by atoms with Gasteiger partial charge in [0.15, 0.2) is 0 Å². The topological polar surface area (TPSA) is 26.0 Å². The number of halogens is 1. The largest absolute Gasteiger partial charge is 0.330 e. The molecule has 0 spiro atoms. The standard InChI is InChI=1S/C18H15P.C12H26BrN/c1-4-10-16(11-5-1)19(17-12-6-2-7-13-17)18-14-8-3-9-15-18;13-11-9-7-5-3-1-2-4-6-8-10-12-14/h1-15H;1-12,14H2. The summed E-state index contributed by atoms with van der Waals surface area (Å²) in [6, 6.07) is 32.3. The fraction of sp³-hybridized carbons (Fsp3) is 0.400. The molecule has 0 aliphatic heterocycles. The maximum Gasteiger partial charge on any atom is 0.00313 e. The van der Waals surface area contributed by atoms with Crippen LogP contribution in [0.25, 0.3) is 0 Å². The molecule has 2 N–H and O–H groups in total. The molecular formula is C30H41BrNP. The first-order chi connectivity index (χ1) is 16.4. The Morgan fingerprint density at radius 2 is 0.758 bits per heavy atom. The zero-order valence-corrected chi connectivity index (χ0v) is 22.5. The van der Waals surface area contributed by atoms with Crippen molar-refractivity contribution in [1.82, 2.24) is 0 Å². The fourth-order valence-corrected chi connectivity index (χ4v) is 6.53. The molecule has 0 aliphatic carbocycles. The summed E-state index contributed by atoms with van der Waals surface area (Å²) in [6.07, 6.45) is 13.8. The zero-order valence-electron chi connectivity index (χ0n) is 20.0. The van der Waals surface area contributed by atoms with E-state index in [0.717, 1.165) is 6.54 Å². The molecule has 3 heteroatoms. The Morgan fingerprint density at radius 1 is 0.455 bits per heavy atom. The van der Waals surface area contributed by atoms with E-state index in [9.17, 15) is 0 Å². The molecule has 0 bridgehead atoms. The van der Waals surface area contributed by atoms with Gasteiger partial charge in [0.1, 0.15) is 0 Å². The van der Waals surface area contributed by atoms with Gasteiger partial charge in [-0.3, -0.25) is 0 Å². The lowest BCUT2D eigenvalue weighted by Gasteiger charge is -2.18. The molecule has 0 saturated carbocycles. The van der Waals surface area contributed by atoms with E-state index in [1.165, 1.54) is 85.5 Å². The van der Waals surface area contributed by atoms with E-state index in [2.05, 4.69) is 107 Å². The maximum atomic E-state index is 5.43. The highest BCUT2D eigenvalue weighted by Crippen LogP contribution is 2.32. The van der Waals surface area contributed by atoms with Crippen molar-refractivity contribution >= 4 is 39.8 Å². The Bertz CT molecular complexity index is 705. The van der Waals surface area contributed by atoms with Crippen molar-refractivity contribution < 1.29 is 0 Å². The minimum atomic E-state index is -0.446. The molecular weight excluding hydrogens is 485 g/mol. The van der Waals surface area contributed by atoms with E-state index in [1.54, 1.807) is 0 Å². The lowest BCUT2D eigenvalue weighted by molar-refractivity contribution is 0.559. The molecule has 0 fully saturated rings. The van der Waals surface area contributed by atoms with Crippen molar-refractivity contribution in [3.05, 3.63) is 91.0 Å². The number of nitrogens with two attached hydrogens (primary N) is 1.